The molecule has 1 fully saturated rings. The zero-order valence-electron chi connectivity index (χ0n) is 16.2. The van der Waals surface area contributed by atoms with Crippen molar-refractivity contribution in [2.75, 3.05) is 30.8 Å². The maximum absolute atomic E-state index is 12.3. The second kappa shape index (κ2) is 8.18. The molecule has 1 aliphatic rings. The van der Waals surface area contributed by atoms with E-state index in [4.69, 9.17) is 4.98 Å². The van der Waals surface area contributed by atoms with Crippen LogP contribution in [0.2, 0.25) is 0 Å². The normalized spacial score (nSPS) is 14.0. The van der Waals surface area contributed by atoms with Crippen LogP contribution < -0.4 is 10.2 Å². The molecule has 0 radical (unpaired) electrons. The minimum Gasteiger partial charge on any atom is -0.356 e. The number of hydrogen-bond acceptors (Lipinski definition) is 6. The number of fused-ring (bicyclic) bond motifs is 1. The molecule has 0 unspecified atom stereocenters. The van der Waals surface area contributed by atoms with Crippen LogP contribution in [-0.2, 0) is 6.54 Å². The SMILES string of the molecule is CSc1nc(N2CCCC2)c2cnn(CCNC(=O)c3ccc(C)cc3)c2n1. The first kappa shape index (κ1) is 18.7. The van der Waals surface area contributed by atoms with E-state index in [0.717, 1.165) is 40.7 Å². The van der Waals surface area contributed by atoms with Crippen LogP contribution in [0.25, 0.3) is 11.0 Å². The van der Waals surface area contributed by atoms with Crippen molar-refractivity contribution < 1.29 is 4.79 Å². The summed E-state index contributed by atoms with van der Waals surface area (Å²) in [6.07, 6.45) is 6.21. The molecule has 3 heterocycles. The highest BCUT2D eigenvalue weighted by atomic mass is 32.2. The van der Waals surface area contributed by atoms with Gasteiger partial charge in [-0.15, -0.1) is 0 Å². The number of rotatable bonds is 6. The molecule has 0 saturated carbocycles. The van der Waals surface area contributed by atoms with Crippen molar-refractivity contribution in [3.8, 4) is 0 Å². The summed E-state index contributed by atoms with van der Waals surface area (Å²) in [4.78, 5) is 24.0. The maximum Gasteiger partial charge on any atom is 0.251 e. The average molecular weight is 397 g/mol. The predicted molar refractivity (Wildman–Crippen MR) is 112 cm³/mol. The van der Waals surface area contributed by atoms with E-state index in [1.165, 1.54) is 24.6 Å². The number of hydrogen-bond donors (Lipinski definition) is 1. The smallest absolute Gasteiger partial charge is 0.251 e. The fraction of sp³-hybridized carbons (Fsp3) is 0.400. The van der Waals surface area contributed by atoms with Crippen molar-refractivity contribution in [2.24, 2.45) is 0 Å². The van der Waals surface area contributed by atoms with E-state index >= 15 is 0 Å². The summed E-state index contributed by atoms with van der Waals surface area (Å²) in [7, 11) is 0. The van der Waals surface area contributed by atoms with E-state index < -0.39 is 0 Å². The second-order valence-electron chi connectivity index (χ2n) is 6.95. The lowest BCUT2D eigenvalue weighted by molar-refractivity contribution is 0.0952. The number of amides is 1. The predicted octanol–water partition coefficient (Wildman–Crippen LogP) is 2.89. The summed E-state index contributed by atoms with van der Waals surface area (Å²) in [5.74, 6) is 0.899. The number of aryl methyl sites for hydroxylation is 1. The molecule has 8 heteroatoms. The Bertz CT molecular complexity index is 978. The Hall–Kier alpha value is -2.61. The monoisotopic (exact) mass is 396 g/mol. The van der Waals surface area contributed by atoms with Gasteiger partial charge >= 0.3 is 0 Å². The number of thioether (sulfide) groups is 1. The minimum absolute atomic E-state index is 0.0753. The molecule has 1 aromatic carbocycles. The molecule has 1 aliphatic heterocycles. The highest BCUT2D eigenvalue weighted by Crippen LogP contribution is 2.28. The third-order valence-electron chi connectivity index (χ3n) is 4.97. The highest BCUT2D eigenvalue weighted by Gasteiger charge is 2.20. The Morgan fingerprint density at radius 2 is 1.93 bits per heavy atom. The molecular formula is C20H24N6OS. The van der Waals surface area contributed by atoms with Crippen LogP contribution in [0.3, 0.4) is 0 Å². The molecule has 1 N–H and O–H groups in total. The summed E-state index contributed by atoms with van der Waals surface area (Å²) in [6.45, 7) is 5.10. The Kier molecular flexibility index (Phi) is 5.47. The molecule has 146 valence electrons. The van der Waals surface area contributed by atoms with E-state index in [-0.39, 0.29) is 5.91 Å². The molecule has 0 atom stereocenters. The Morgan fingerprint density at radius 3 is 2.64 bits per heavy atom. The van der Waals surface area contributed by atoms with Crippen LogP contribution in [-0.4, -0.2) is 51.5 Å². The average Bonchev–Trinajstić information content (AvgIpc) is 3.38. The van der Waals surface area contributed by atoms with E-state index in [0.29, 0.717) is 18.7 Å². The van der Waals surface area contributed by atoms with Crippen molar-refractivity contribution in [3.05, 3.63) is 41.6 Å². The van der Waals surface area contributed by atoms with Gasteiger partial charge in [-0.2, -0.15) is 5.10 Å². The highest BCUT2D eigenvalue weighted by molar-refractivity contribution is 7.98. The fourth-order valence-electron chi connectivity index (χ4n) is 3.43. The van der Waals surface area contributed by atoms with Crippen LogP contribution in [0.5, 0.6) is 0 Å². The zero-order chi connectivity index (χ0) is 19.5. The molecular weight excluding hydrogens is 372 g/mol. The molecule has 28 heavy (non-hydrogen) atoms. The number of carbonyl (C=O) groups is 1. The summed E-state index contributed by atoms with van der Waals surface area (Å²) >= 11 is 1.54. The number of nitrogens with zero attached hydrogens (tertiary/aromatic N) is 5. The summed E-state index contributed by atoms with van der Waals surface area (Å²) < 4.78 is 1.85. The van der Waals surface area contributed by atoms with Crippen LogP contribution in [0.4, 0.5) is 5.82 Å². The molecule has 0 aliphatic carbocycles. The molecule has 2 aromatic heterocycles. The molecule has 4 rings (SSSR count). The largest absolute Gasteiger partial charge is 0.356 e. The Morgan fingerprint density at radius 1 is 1.18 bits per heavy atom. The molecule has 1 saturated heterocycles. The van der Waals surface area contributed by atoms with E-state index in [2.05, 4.69) is 20.3 Å². The van der Waals surface area contributed by atoms with Gasteiger partial charge in [0.05, 0.1) is 18.1 Å². The van der Waals surface area contributed by atoms with Gasteiger partial charge in [-0.3, -0.25) is 4.79 Å². The van der Waals surface area contributed by atoms with Crippen molar-refractivity contribution in [1.82, 2.24) is 25.1 Å². The Balaban J connectivity index is 1.50. The molecule has 3 aromatic rings. The second-order valence-corrected chi connectivity index (χ2v) is 7.73. The minimum atomic E-state index is -0.0753. The van der Waals surface area contributed by atoms with Gasteiger partial charge in [0.1, 0.15) is 5.82 Å². The van der Waals surface area contributed by atoms with E-state index in [1.54, 1.807) is 0 Å². The van der Waals surface area contributed by atoms with E-state index in [1.807, 2.05) is 48.3 Å². The number of carbonyl (C=O) groups excluding carboxylic acids is 1. The van der Waals surface area contributed by atoms with Gasteiger partial charge in [-0.25, -0.2) is 14.6 Å². The van der Waals surface area contributed by atoms with Gasteiger partial charge in [0.2, 0.25) is 0 Å². The fourth-order valence-corrected chi connectivity index (χ4v) is 3.78. The standard InChI is InChI=1S/C20H24N6OS/c1-14-5-7-15(8-6-14)19(27)21-9-12-26-18-16(13-22-26)17(23-20(24-18)28-2)25-10-3-4-11-25/h5-8,13H,3-4,9-12H2,1-2H3,(H,21,27). The van der Waals surface area contributed by atoms with Crippen LogP contribution >= 0.6 is 11.8 Å². The third kappa shape index (κ3) is 3.82. The zero-order valence-corrected chi connectivity index (χ0v) is 17.0. The topological polar surface area (TPSA) is 75.9 Å². The third-order valence-corrected chi connectivity index (χ3v) is 5.51. The molecule has 0 bridgehead atoms. The summed E-state index contributed by atoms with van der Waals surface area (Å²) in [5.41, 5.74) is 2.63. The van der Waals surface area contributed by atoms with Gasteiger partial charge in [0.15, 0.2) is 10.8 Å². The van der Waals surface area contributed by atoms with Crippen LogP contribution in [0.15, 0.2) is 35.6 Å². The quantitative estimate of drug-likeness (QED) is 0.510. The first-order valence-corrected chi connectivity index (χ1v) is 10.8. The number of benzene rings is 1. The first-order chi connectivity index (χ1) is 13.7. The van der Waals surface area contributed by atoms with Crippen molar-refractivity contribution in [2.45, 2.75) is 31.5 Å². The lowest BCUT2D eigenvalue weighted by atomic mass is 10.1. The van der Waals surface area contributed by atoms with Gasteiger partial charge in [-0.1, -0.05) is 29.5 Å². The van der Waals surface area contributed by atoms with Gasteiger partial charge < -0.3 is 10.2 Å². The van der Waals surface area contributed by atoms with Crippen LogP contribution in [0, 0.1) is 6.92 Å². The molecule has 1 amide bonds. The molecule has 7 nitrogen and oxygen atoms in total. The summed E-state index contributed by atoms with van der Waals surface area (Å²) in [5, 5.41) is 9.20. The van der Waals surface area contributed by atoms with Gasteiger partial charge in [0.25, 0.3) is 5.91 Å². The summed E-state index contributed by atoms with van der Waals surface area (Å²) in [6, 6.07) is 7.57. The lowest BCUT2D eigenvalue weighted by Gasteiger charge is -2.17. The molecule has 0 spiro atoms. The van der Waals surface area contributed by atoms with Crippen molar-refractivity contribution in [3.63, 3.8) is 0 Å². The van der Waals surface area contributed by atoms with Gasteiger partial charge in [0, 0.05) is 25.2 Å². The van der Waals surface area contributed by atoms with Crippen molar-refractivity contribution in [1.29, 1.82) is 0 Å². The van der Waals surface area contributed by atoms with E-state index in [9.17, 15) is 4.79 Å². The number of nitrogens with one attached hydrogen (secondary N) is 1. The maximum atomic E-state index is 12.3. The van der Waals surface area contributed by atoms with Crippen molar-refractivity contribution >= 4 is 34.5 Å². The lowest BCUT2D eigenvalue weighted by Crippen LogP contribution is -2.27. The van der Waals surface area contributed by atoms with Gasteiger partial charge in [-0.05, 0) is 38.2 Å². The Labute approximate surface area is 168 Å². The number of aromatic nitrogens is 4. The first-order valence-electron chi connectivity index (χ1n) is 9.53. The number of anilines is 1. The van der Waals surface area contributed by atoms with Crippen LogP contribution in [0.1, 0.15) is 28.8 Å².